The summed E-state index contributed by atoms with van der Waals surface area (Å²) in [4.78, 5) is 11.6. The molecule has 12 heteroatoms. The minimum absolute atomic E-state index is 0.323. The molecule has 2 aliphatic heterocycles. The molecule has 36 heavy (non-hydrogen) atoms. The van der Waals surface area contributed by atoms with Gasteiger partial charge in [-0.15, -0.1) is 0 Å². The van der Waals surface area contributed by atoms with Crippen molar-refractivity contribution < 1.29 is 18.4 Å². The molecule has 3 aromatic rings. The van der Waals surface area contributed by atoms with Crippen LogP contribution >= 0.6 is 0 Å². The van der Waals surface area contributed by atoms with Crippen LogP contribution < -0.4 is 15.0 Å². The van der Waals surface area contributed by atoms with Crippen LogP contribution in [0.4, 0.5) is 10.2 Å². The van der Waals surface area contributed by atoms with E-state index in [9.17, 15) is 0 Å². The number of rotatable bonds is 6. The van der Waals surface area contributed by atoms with Crippen LogP contribution in [0.1, 0.15) is 37.1 Å². The molecule has 8 nitrogen and oxygen atoms in total. The Hall–Kier alpha value is -2.59. The largest absolute Gasteiger partial charge is 0.514 e. The predicted molar refractivity (Wildman–Crippen MR) is 146 cm³/mol. The second-order valence-corrected chi connectivity index (χ2v) is 10.9. The normalized spacial score (nSPS) is 19.6. The zero-order valence-electron chi connectivity index (χ0n) is 21.9. The molecule has 1 aromatic carbocycles. The van der Waals surface area contributed by atoms with Crippen LogP contribution in [0.3, 0.4) is 0 Å². The molecule has 0 saturated carbocycles. The van der Waals surface area contributed by atoms with Crippen molar-refractivity contribution in [2.45, 2.75) is 56.9 Å². The summed E-state index contributed by atoms with van der Waals surface area (Å²) in [5.41, 5.74) is 1.92. The topological polar surface area (TPSA) is 85.5 Å². The van der Waals surface area contributed by atoms with Crippen molar-refractivity contribution >= 4 is 40.3 Å². The number of halogens is 1. The third kappa shape index (κ3) is 5.39. The van der Waals surface area contributed by atoms with Crippen LogP contribution in [0.25, 0.3) is 22.4 Å². The predicted octanol–water partition coefficient (Wildman–Crippen LogP) is 0.668. The van der Waals surface area contributed by atoms with Crippen molar-refractivity contribution in [2.75, 3.05) is 31.2 Å². The maximum Gasteiger partial charge on any atom is 0.261 e. The number of benzene rings is 1. The van der Waals surface area contributed by atoms with Crippen molar-refractivity contribution in [3.8, 4) is 17.2 Å². The molecular weight excluding hydrogens is 458 g/mol. The lowest BCUT2D eigenvalue weighted by atomic mass is 9.52. The number of nitrogens with zero attached hydrogens (tertiary/aromatic N) is 4. The molecule has 1 N–H and O–H groups in total. The summed E-state index contributed by atoms with van der Waals surface area (Å²) in [6.45, 7) is 7.00. The molecule has 1 atom stereocenters. The summed E-state index contributed by atoms with van der Waals surface area (Å²) >= 11 is 0. The van der Waals surface area contributed by atoms with E-state index >= 15 is 4.39 Å². The first kappa shape index (κ1) is 25.1. The van der Waals surface area contributed by atoms with E-state index in [1.54, 1.807) is 6.92 Å². The van der Waals surface area contributed by atoms with Crippen LogP contribution in [-0.2, 0) is 4.74 Å². The quantitative estimate of drug-likeness (QED) is 0.505. The maximum absolute atomic E-state index is 15.4. The number of anilines is 1. The van der Waals surface area contributed by atoms with Gasteiger partial charge < -0.3 is 24.2 Å². The lowest BCUT2D eigenvalue weighted by Gasteiger charge is -2.36. The van der Waals surface area contributed by atoms with Crippen LogP contribution in [0.2, 0.25) is 0 Å². The van der Waals surface area contributed by atoms with Crippen molar-refractivity contribution in [3.63, 3.8) is 0 Å². The van der Waals surface area contributed by atoms with Crippen LogP contribution in [0.15, 0.2) is 16.7 Å². The number of hydrogen-bond donors (Lipinski definition) is 1. The first-order valence-corrected chi connectivity index (χ1v) is 12.9. The number of aromatic nitrogens is 3. The maximum atomic E-state index is 15.4. The minimum Gasteiger partial charge on any atom is -0.514 e. The SMILES string of the molecule is BC(B)(B)Oc1cc(F)c2nc(N3CCC(NC4CCCOC4)CC3)c(-c3nc(C)no3)c(C)c2c1. The summed E-state index contributed by atoms with van der Waals surface area (Å²) in [5.74, 6) is 1.70. The third-order valence-electron chi connectivity index (χ3n) is 6.85. The van der Waals surface area contributed by atoms with E-state index in [-0.39, 0.29) is 0 Å². The average molecular weight is 491 g/mol. The summed E-state index contributed by atoms with van der Waals surface area (Å²) in [6, 6.07) is 4.12. The van der Waals surface area contributed by atoms with E-state index in [1.807, 2.05) is 36.5 Å². The zero-order valence-corrected chi connectivity index (χ0v) is 21.9. The number of aryl methyl sites for hydroxylation is 2. The molecule has 5 rings (SSSR count). The lowest BCUT2D eigenvalue weighted by molar-refractivity contribution is 0.0650. The minimum atomic E-state index is -0.448. The molecule has 2 fully saturated rings. The number of ether oxygens (including phenoxy) is 2. The van der Waals surface area contributed by atoms with Gasteiger partial charge in [0.15, 0.2) is 11.6 Å². The number of pyridine rings is 1. The highest BCUT2D eigenvalue weighted by Gasteiger charge is 2.29. The van der Waals surface area contributed by atoms with Gasteiger partial charge in [-0.1, -0.05) is 5.16 Å². The molecule has 0 radical (unpaired) electrons. The summed E-state index contributed by atoms with van der Waals surface area (Å²) in [6.07, 6.45) is 4.21. The van der Waals surface area contributed by atoms with Crippen LogP contribution in [-0.4, -0.2) is 82.3 Å². The van der Waals surface area contributed by atoms with Crippen molar-refractivity contribution in [1.82, 2.24) is 20.4 Å². The van der Waals surface area contributed by atoms with Crippen LogP contribution in [0, 0.1) is 19.7 Å². The molecule has 0 bridgehead atoms. The Kier molecular flexibility index (Phi) is 7.00. The molecular formula is C24H33B3FN5O3. The number of fused-ring (bicyclic) bond motifs is 1. The Morgan fingerprint density at radius 1 is 1.11 bits per heavy atom. The lowest BCUT2D eigenvalue weighted by Crippen LogP contribution is -2.48. The Bertz CT molecular complexity index is 1240. The molecule has 2 aromatic heterocycles. The Balaban J connectivity index is 1.49. The number of nitrogens with one attached hydrogen (secondary N) is 1. The fourth-order valence-electron chi connectivity index (χ4n) is 5.20. The van der Waals surface area contributed by atoms with E-state index < -0.39 is 11.1 Å². The first-order valence-electron chi connectivity index (χ1n) is 12.9. The smallest absolute Gasteiger partial charge is 0.261 e. The van der Waals surface area contributed by atoms with E-state index in [0.29, 0.717) is 46.3 Å². The number of hydrogen-bond acceptors (Lipinski definition) is 8. The molecule has 0 spiro atoms. The van der Waals surface area contributed by atoms with E-state index in [2.05, 4.69) is 20.4 Å². The molecule has 1 unspecified atom stereocenters. The summed E-state index contributed by atoms with van der Waals surface area (Å²) in [7, 11) is 5.82. The highest BCUT2D eigenvalue weighted by atomic mass is 19.1. The van der Waals surface area contributed by atoms with Gasteiger partial charge >= 0.3 is 0 Å². The molecule has 2 saturated heterocycles. The first-order chi connectivity index (χ1) is 17.2. The van der Waals surface area contributed by atoms with Gasteiger partial charge in [0, 0.05) is 48.5 Å². The highest BCUT2D eigenvalue weighted by Crippen LogP contribution is 2.39. The molecule has 4 heterocycles. The molecule has 2 aliphatic rings. The average Bonchev–Trinajstić information content (AvgIpc) is 3.25. The van der Waals surface area contributed by atoms with E-state index in [0.717, 1.165) is 63.1 Å². The van der Waals surface area contributed by atoms with E-state index in [4.69, 9.17) is 19.0 Å². The van der Waals surface area contributed by atoms with Gasteiger partial charge in [-0.05, 0) is 51.2 Å². The second kappa shape index (κ2) is 10.1. The standard InChI is InChI=1S/C24H33B3FN5O3/c1-13-18-10-17(35-24(25,26)27)11-19(28)21(18)31-22(20(13)23-29-14(2)32-36-23)33-7-5-15(6-8-33)30-16-4-3-9-34-12-16/h10-11,15-16,30H,3-9,12,25-27H2,1-2H3. The van der Waals surface area contributed by atoms with Crippen molar-refractivity contribution in [1.29, 1.82) is 0 Å². The van der Waals surface area contributed by atoms with Gasteiger partial charge in [0.05, 0.1) is 12.2 Å². The Morgan fingerprint density at radius 2 is 1.89 bits per heavy atom. The highest BCUT2D eigenvalue weighted by molar-refractivity contribution is 6.58. The van der Waals surface area contributed by atoms with Gasteiger partial charge in [-0.2, -0.15) is 4.98 Å². The Labute approximate surface area is 213 Å². The third-order valence-corrected chi connectivity index (χ3v) is 6.85. The van der Waals surface area contributed by atoms with Crippen molar-refractivity contribution in [2.24, 2.45) is 0 Å². The monoisotopic (exact) mass is 491 g/mol. The second-order valence-electron chi connectivity index (χ2n) is 10.9. The van der Waals surface area contributed by atoms with Crippen molar-refractivity contribution in [3.05, 3.63) is 29.3 Å². The molecule has 0 aliphatic carbocycles. The van der Waals surface area contributed by atoms with E-state index in [1.165, 1.54) is 6.07 Å². The van der Waals surface area contributed by atoms with Gasteiger partial charge in [-0.3, -0.25) is 0 Å². The summed E-state index contributed by atoms with van der Waals surface area (Å²) < 4.78 is 32.6. The Morgan fingerprint density at radius 3 is 2.53 bits per heavy atom. The van der Waals surface area contributed by atoms with Gasteiger partial charge in [0.2, 0.25) is 0 Å². The van der Waals surface area contributed by atoms with Gasteiger partial charge in [0.25, 0.3) is 5.89 Å². The summed E-state index contributed by atoms with van der Waals surface area (Å²) in [5, 5.41) is 8.01. The zero-order chi connectivity index (χ0) is 25.4. The van der Waals surface area contributed by atoms with Gasteiger partial charge in [0.1, 0.15) is 40.6 Å². The number of piperidine rings is 1. The molecule has 0 amide bonds. The fraction of sp³-hybridized carbons (Fsp3) is 0.542. The van der Waals surface area contributed by atoms with Crippen LogP contribution in [0.5, 0.6) is 5.75 Å². The molecule has 188 valence electrons. The fourth-order valence-corrected chi connectivity index (χ4v) is 5.20. The van der Waals surface area contributed by atoms with Gasteiger partial charge in [-0.25, -0.2) is 9.37 Å².